The molecule has 2 unspecified atom stereocenters. The third-order valence-electron chi connectivity index (χ3n) is 7.89. The van der Waals surface area contributed by atoms with Gasteiger partial charge in [-0.3, -0.25) is 38.4 Å². The summed E-state index contributed by atoms with van der Waals surface area (Å²) in [5.41, 5.74) is -0.962. The molecule has 21 nitrogen and oxygen atoms in total. The van der Waals surface area contributed by atoms with Crippen LogP contribution in [0.15, 0.2) is 0 Å². The normalized spacial score (nSPS) is 27.9. The molecule has 2 saturated heterocycles. The van der Waals surface area contributed by atoms with Gasteiger partial charge in [0, 0.05) is 60.6 Å². The fraction of sp³-hybridized carbons (Fsp3) is 0.750. The van der Waals surface area contributed by atoms with E-state index in [4.69, 9.17) is 52.1 Å². The van der Waals surface area contributed by atoms with Gasteiger partial charge in [-0.15, -0.1) is 0 Å². The summed E-state index contributed by atoms with van der Waals surface area (Å²) in [7, 11) is 0. The third-order valence-corrected chi connectivity index (χ3v) is 8.39. The molecule has 22 heteroatoms. The van der Waals surface area contributed by atoms with Crippen LogP contribution in [0.5, 0.6) is 0 Å². The molecular formula is C36H53NO20S. The summed E-state index contributed by atoms with van der Waals surface area (Å²) in [5, 5.41) is 1.36. The van der Waals surface area contributed by atoms with Crippen molar-refractivity contribution in [1.82, 2.24) is 5.32 Å². The second-order valence-corrected chi connectivity index (χ2v) is 15.0. The van der Waals surface area contributed by atoms with E-state index in [1.54, 1.807) is 20.8 Å². The molecule has 2 aliphatic rings. The van der Waals surface area contributed by atoms with Gasteiger partial charge in [0.15, 0.2) is 36.8 Å². The van der Waals surface area contributed by atoms with Crippen molar-refractivity contribution in [2.45, 2.75) is 161 Å². The van der Waals surface area contributed by atoms with E-state index in [1.165, 1.54) is 6.92 Å². The lowest BCUT2D eigenvalue weighted by molar-refractivity contribution is -0.345. The Hall–Kier alpha value is -4.54. The summed E-state index contributed by atoms with van der Waals surface area (Å²) in [6, 6.07) is -1.31. The lowest BCUT2D eigenvalue weighted by Crippen LogP contribution is -2.68. The Morgan fingerprint density at radius 2 is 0.983 bits per heavy atom. The maximum atomic E-state index is 13.2. The zero-order chi connectivity index (χ0) is 44.2. The molecule has 2 fully saturated rings. The average molecular weight is 852 g/mol. The molecule has 0 radical (unpaired) electrons. The van der Waals surface area contributed by atoms with E-state index in [1.807, 2.05) is 0 Å². The molecule has 2 rings (SSSR count). The maximum absolute atomic E-state index is 13.2. The van der Waals surface area contributed by atoms with E-state index in [-0.39, 0.29) is 6.42 Å². The molecule has 0 aromatic rings. The van der Waals surface area contributed by atoms with Crippen molar-refractivity contribution < 1.29 is 95.3 Å². The number of carbonyl (C=O) groups is 9. The topological polar surface area (TPSA) is 267 Å². The van der Waals surface area contributed by atoms with E-state index < -0.39 is 145 Å². The van der Waals surface area contributed by atoms with Crippen molar-refractivity contribution in [3.05, 3.63) is 0 Å². The van der Waals surface area contributed by atoms with Gasteiger partial charge in [0.2, 0.25) is 5.91 Å². The van der Waals surface area contributed by atoms with Crippen molar-refractivity contribution in [1.29, 1.82) is 0 Å². The molecule has 0 spiro atoms. The Labute approximate surface area is 340 Å². The van der Waals surface area contributed by atoms with Crippen molar-refractivity contribution in [3.8, 4) is 0 Å². The van der Waals surface area contributed by atoms with Crippen LogP contribution in [0, 0.1) is 0 Å². The highest BCUT2D eigenvalue weighted by Gasteiger charge is 2.58. The summed E-state index contributed by atoms with van der Waals surface area (Å²) in [4.78, 5) is 112. The van der Waals surface area contributed by atoms with Gasteiger partial charge >= 0.3 is 47.8 Å². The predicted molar refractivity (Wildman–Crippen MR) is 194 cm³/mol. The molecule has 0 bridgehead atoms. The Balaban J connectivity index is 2.80. The maximum Gasteiger partial charge on any atom is 0.329 e. The highest BCUT2D eigenvalue weighted by Crippen LogP contribution is 2.37. The van der Waals surface area contributed by atoms with Crippen molar-refractivity contribution >= 4 is 66.3 Å². The van der Waals surface area contributed by atoms with Gasteiger partial charge in [-0.2, -0.15) is 12.6 Å². The molecule has 2 heterocycles. The average Bonchev–Trinajstić information content (AvgIpc) is 3.04. The number of hydrogen-bond donors (Lipinski definition) is 2. The van der Waals surface area contributed by atoms with Gasteiger partial charge in [-0.1, -0.05) is 0 Å². The SMILES string of the molecule is CC(=O)NC(CC(S)[C@@H]1O[C@H](COC(C)=O)[C@@H](O[C@H]2O[C@H](COC(C)=O)[C@@H](OC(C)=O)[C@H](OC(C)=O)[C@H]2OC(C)=O)[C@H](OC(C)=O)[C@H]1OC(C)=O)C(=O)OC(C)(C)C. The number of carbonyl (C=O) groups excluding carboxylic acids is 9. The van der Waals surface area contributed by atoms with Crippen LogP contribution in [0.4, 0.5) is 0 Å². The fourth-order valence-electron chi connectivity index (χ4n) is 6.06. The minimum atomic E-state index is -1.87. The van der Waals surface area contributed by atoms with Crippen molar-refractivity contribution in [3.63, 3.8) is 0 Å². The summed E-state index contributed by atoms with van der Waals surface area (Å²) in [6.07, 6.45) is -16.5. The van der Waals surface area contributed by atoms with Gasteiger partial charge in [0.25, 0.3) is 0 Å². The van der Waals surface area contributed by atoms with Crippen LogP contribution in [-0.2, 0) is 95.3 Å². The number of hydrogen-bond acceptors (Lipinski definition) is 21. The van der Waals surface area contributed by atoms with E-state index >= 15 is 0 Å². The first kappa shape index (κ1) is 49.6. The molecule has 1 amide bonds. The van der Waals surface area contributed by atoms with E-state index in [0.29, 0.717) is 0 Å². The molecule has 2 aliphatic heterocycles. The van der Waals surface area contributed by atoms with Crippen molar-refractivity contribution in [2.24, 2.45) is 0 Å². The van der Waals surface area contributed by atoms with Crippen LogP contribution in [0.1, 0.15) is 82.6 Å². The highest BCUT2D eigenvalue weighted by molar-refractivity contribution is 7.81. The number of nitrogens with one attached hydrogen (secondary N) is 1. The molecular weight excluding hydrogens is 798 g/mol. The molecule has 0 saturated carbocycles. The number of esters is 8. The first-order chi connectivity index (χ1) is 26.8. The summed E-state index contributed by atoms with van der Waals surface area (Å²) >= 11 is 4.67. The number of ether oxygens (including phenoxy) is 11. The predicted octanol–water partition coefficient (Wildman–Crippen LogP) is 0.184. The third kappa shape index (κ3) is 16.0. The summed E-state index contributed by atoms with van der Waals surface area (Å²) < 4.78 is 62.4. The largest absolute Gasteiger partial charge is 0.463 e. The number of amides is 1. The highest BCUT2D eigenvalue weighted by atomic mass is 32.1. The van der Waals surface area contributed by atoms with Crippen LogP contribution in [0.2, 0.25) is 0 Å². The summed E-state index contributed by atoms with van der Waals surface area (Å²) in [6.45, 7) is 12.0. The molecule has 0 aromatic heterocycles. The van der Waals surface area contributed by atoms with E-state index in [9.17, 15) is 43.2 Å². The summed E-state index contributed by atoms with van der Waals surface area (Å²) in [5.74, 6) is -7.64. The smallest absolute Gasteiger partial charge is 0.329 e. The Kier molecular flexibility index (Phi) is 18.8. The molecule has 12 atom stereocenters. The van der Waals surface area contributed by atoms with E-state index in [2.05, 4.69) is 17.9 Å². The molecule has 0 aromatic carbocycles. The quantitative estimate of drug-likeness (QED) is 0.119. The molecule has 58 heavy (non-hydrogen) atoms. The second kappa shape index (κ2) is 22.0. The van der Waals surface area contributed by atoms with Gasteiger partial charge in [0.05, 0.1) is 0 Å². The van der Waals surface area contributed by atoms with Gasteiger partial charge < -0.3 is 57.4 Å². The minimum absolute atomic E-state index is 0.307. The van der Waals surface area contributed by atoms with Crippen molar-refractivity contribution in [2.75, 3.05) is 13.2 Å². The standard InChI is InChI=1S/C36H53NO20S/c1-15(38)37-23(34(46)57-36(9,10)11)12-26(58)29-32(52-21(7)44)30(50-19(5)42)28(24(54-29)13-47-16(2)39)56-35-33(53-22(8)45)31(51-20(6)43)27(49-18(4)41)25(55-35)14-48-17(3)40/h23-33,35,58H,12-14H2,1-11H3,(H,37,38)/t23?,24-,25-,26?,27-,28-,29+,30+,31+,32+,33-,35-/m1/s1. The minimum Gasteiger partial charge on any atom is -0.463 e. The van der Waals surface area contributed by atoms with E-state index in [0.717, 1.165) is 48.5 Å². The molecule has 1 N–H and O–H groups in total. The van der Waals surface area contributed by atoms with Crippen LogP contribution < -0.4 is 5.32 Å². The Morgan fingerprint density at radius 3 is 1.41 bits per heavy atom. The number of thiol groups is 1. The van der Waals surface area contributed by atoms with Gasteiger partial charge in [0.1, 0.15) is 49.3 Å². The molecule has 328 valence electrons. The monoisotopic (exact) mass is 851 g/mol. The first-order valence-electron chi connectivity index (χ1n) is 18.1. The zero-order valence-corrected chi connectivity index (χ0v) is 35.1. The van der Waals surface area contributed by atoms with Crippen LogP contribution in [0.3, 0.4) is 0 Å². The van der Waals surface area contributed by atoms with Crippen LogP contribution >= 0.6 is 12.6 Å². The zero-order valence-electron chi connectivity index (χ0n) is 34.2. The fourth-order valence-corrected chi connectivity index (χ4v) is 6.51. The molecule has 0 aliphatic carbocycles. The lowest BCUT2D eigenvalue weighted by Gasteiger charge is -2.49. The number of rotatable bonds is 16. The van der Waals surface area contributed by atoms with Crippen LogP contribution in [0.25, 0.3) is 0 Å². The van der Waals surface area contributed by atoms with Gasteiger partial charge in [-0.05, 0) is 27.2 Å². The lowest BCUT2D eigenvalue weighted by atomic mass is 9.90. The Bertz CT molecular complexity index is 1530. The second-order valence-electron chi connectivity index (χ2n) is 14.3. The van der Waals surface area contributed by atoms with Gasteiger partial charge in [-0.25, -0.2) is 4.79 Å². The Morgan fingerprint density at radius 1 is 0.569 bits per heavy atom. The first-order valence-corrected chi connectivity index (χ1v) is 18.6. The van der Waals surface area contributed by atoms with Crippen LogP contribution in [-0.4, -0.2) is 145 Å².